The molecule has 3 N–H and O–H groups in total. The summed E-state index contributed by atoms with van der Waals surface area (Å²) >= 11 is 0. The zero-order valence-electron chi connectivity index (χ0n) is 15.1. The van der Waals surface area contributed by atoms with Crippen molar-refractivity contribution in [3.8, 4) is 11.3 Å². The van der Waals surface area contributed by atoms with E-state index in [1.807, 2.05) is 11.0 Å². The minimum absolute atomic E-state index is 0.291. The molecule has 0 aromatic carbocycles. The van der Waals surface area contributed by atoms with Crippen molar-refractivity contribution in [3.63, 3.8) is 0 Å². The van der Waals surface area contributed by atoms with Gasteiger partial charge < -0.3 is 20.7 Å². The van der Waals surface area contributed by atoms with Gasteiger partial charge in [-0.25, -0.2) is 9.97 Å². The summed E-state index contributed by atoms with van der Waals surface area (Å²) in [5, 5.41) is 2.83. The van der Waals surface area contributed by atoms with E-state index in [1.54, 1.807) is 36.7 Å². The molecule has 9 nitrogen and oxygen atoms in total. The van der Waals surface area contributed by atoms with Gasteiger partial charge in [0.15, 0.2) is 0 Å². The molecule has 1 amide bonds. The first-order chi connectivity index (χ1) is 13.7. The van der Waals surface area contributed by atoms with Crippen molar-refractivity contribution in [3.05, 3.63) is 54.5 Å². The molecule has 4 rings (SSSR count). The van der Waals surface area contributed by atoms with E-state index in [2.05, 4.69) is 25.3 Å². The van der Waals surface area contributed by atoms with Gasteiger partial charge in [-0.3, -0.25) is 9.78 Å². The van der Waals surface area contributed by atoms with Crippen LogP contribution in [0.15, 0.2) is 48.9 Å². The number of ether oxygens (including phenoxy) is 1. The van der Waals surface area contributed by atoms with Crippen LogP contribution in [0.25, 0.3) is 11.3 Å². The van der Waals surface area contributed by atoms with Gasteiger partial charge in [0, 0.05) is 43.3 Å². The van der Waals surface area contributed by atoms with Gasteiger partial charge in [0.1, 0.15) is 11.6 Å². The third kappa shape index (κ3) is 4.04. The van der Waals surface area contributed by atoms with E-state index in [9.17, 15) is 4.79 Å². The quantitative estimate of drug-likeness (QED) is 0.704. The summed E-state index contributed by atoms with van der Waals surface area (Å²) in [4.78, 5) is 31.8. The Morgan fingerprint density at radius 1 is 1.14 bits per heavy atom. The Morgan fingerprint density at radius 3 is 2.71 bits per heavy atom. The summed E-state index contributed by atoms with van der Waals surface area (Å²) in [6.07, 6.45) is 4.77. The highest BCUT2D eigenvalue weighted by Gasteiger charge is 2.17. The van der Waals surface area contributed by atoms with Crippen LogP contribution in [0.1, 0.15) is 10.4 Å². The maximum Gasteiger partial charge on any atom is 0.258 e. The third-order valence-corrected chi connectivity index (χ3v) is 4.26. The zero-order valence-corrected chi connectivity index (χ0v) is 15.1. The van der Waals surface area contributed by atoms with Gasteiger partial charge in [-0.2, -0.15) is 4.98 Å². The second-order valence-electron chi connectivity index (χ2n) is 6.21. The molecule has 0 radical (unpaired) electrons. The number of nitrogen functional groups attached to an aromatic ring is 1. The summed E-state index contributed by atoms with van der Waals surface area (Å²) in [6, 6.07) is 8.66. The van der Waals surface area contributed by atoms with E-state index in [0.717, 1.165) is 5.56 Å². The molecule has 142 valence electrons. The van der Waals surface area contributed by atoms with Gasteiger partial charge in [0.05, 0.1) is 24.5 Å². The number of nitrogens with two attached hydrogens (primary N) is 1. The summed E-state index contributed by atoms with van der Waals surface area (Å²) in [6.45, 7) is 2.57. The van der Waals surface area contributed by atoms with Gasteiger partial charge in [-0.1, -0.05) is 0 Å². The summed E-state index contributed by atoms with van der Waals surface area (Å²) in [5.41, 5.74) is 7.56. The highest BCUT2D eigenvalue weighted by atomic mass is 16.5. The lowest BCUT2D eigenvalue weighted by Gasteiger charge is -2.27. The molecule has 0 spiro atoms. The van der Waals surface area contributed by atoms with Gasteiger partial charge in [0.25, 0.3) is 5.91 Å². The van der Waals surface area contributed by atoms with Crippen molar-refractivity contribution in [1.29, 1.82) is 0 Å². The first kappa shape index (κ1) is 17.8. The summed E-state index contributed by atoms with van der Waals surface area (Å²) in [5.74, 6) is 1.06. The number of hydrogen-bond acceptors (Lipinski definition) is 8. The molecule has 3 aromatic rings. The van der Waals surface area contributed by atoms with Crippen LogP contribution in [0.3, 0.4) is 0 Å². The number of nitrogens with zero attached hydrogens (tertiary/aromatic N) is 5. The van der Waals surface area contributed by atoms with E-state index in [1.165, 1.54) is 6.20 Å². The SMILES string of the molecule is Nc1ccc(-c2cc(NC(=O)c3cccnc3)nc(N3CCOCC3)n2)cn1. The maximum absolute atomic E-state index is 12.5. The molecule has 1 aliphatic rings. The highest BCUT2D eigenvalue weighted by Crippen LogP contribution is 2.24. The minimum atomic E-state index is -0.291. The van der Waals surface area contributed by atoms with E-state index >= 15 is 0 Å². The Hall–Kier alpha value is -3.59. The Kier molecular flexibility index (Phi) is 5.07. The van der Waals surface area contributed by atoms with Crippen LogP contribution in [0.4, 0.5) is 17.6 Å². The fourth-order valence-corrected chi connectivity index (χ4v) is 2.79. The molecular weight excluding hydrogens is 358 g/mol. The number of nitrogens with one attached hydrogen (secondary N) is 1. The zero-order chi connectivity index (χ0) is 19.3. The molecule has 1 aliphatic heterocycles. The van der Waals surface area contributed by atoms with Crippen molar-refractivity contribution in [1.82, 2.24) is 19.9 Å². The monoisotopic (exact) mass is 377 g/mol. The molecule has 9 heteroatoms. The third-order valence-electron chi connectivity index (χ3n) is 4.26. The predicted octanol–water partition coefficient (Wildman–Crippen LogP) is 1.60. The maximum atomic E-state index is 12.5. The molecule has 28 heavy (non-hydrogen) atoms. The predicted molar refractivity (Wildman–Crippen MR) is 105 cm³/mol. The Balaban J connectivity index is 1.68. The molecular formula is C19H19N7O2. The van der Waals surface area contributed by atoms with Crippen LogP contribution in [0.2, 0.25) is 0 Å². The number of anilines is 3. The highest BCUT2D eigenvalue weighted by molar-refractivity contribution is 6.03. The van der Waals surface area contributed by atoms with Crippen LogP contribution in [-0.2, 0) is 4.74 Å². The molecule has 0 aliphatic carbocycles. The minimum Gasteiger partial charge on any atom is -0.384 e. The number of rotatable bonds is 4. The average Bonchev–Trinajstić information content (AvgIpc) is 2.75. The molecule has 4 heterocycles. The van der Waals surface area contributed by atoms with Crippen LogP contribution >= 0.6 is 0 Å². The fraction of sp³-hybridized carbons (Fsp3) is 0.211. The van der Waals surface area contributed by atoms with Gasteiger partial charge in [0.2, 0.25) is 5.95 Å². The number of carbonyl (C=O) groups excluding carboxylic acids is 1. The number of morpholine rings is 1. The number of aromatic nitrogens is 4. The first-order valence-electron chi connectivity index (χ1n) is 8.84. The topological polar surface area (TPSA) is 119 Å². The molecule has 3 aromatic heterocycles. The lowest BCUT2D eigenvalue weighted by atomic mass is 10.2. The number of pyridine rings is 2. The van der Waals surface area contributed by atoms with E-state index in [4.69, 9.17) is 10.5 Å². The Bertz CT molecular complexity index is 958. The molecule has 0 atom stereocenters. The van der Waals surface area contributed by atoms with E-state index in [0.29, 0.717) is 55.1 Å². The molecule has 1 fully saturated rings. The molecule has 0 saturated carbocycles. The first-order valence-corrected chi connectivity index (χ1v) is 8.84. The van der Waals surface area contributed by atoms with Gasteiger partial charge in [-0.05, 0) is 24.3 Å². The number of carbonyl (C=O) groups is 1. The Morgan fingerprint density at radius 2 is 2.00 bits per heavy atom. The smallest absolute Gasteiger partial charge is 0.258 e. The van der Waals surface area contributed by atoms with Crippen LogP contribution in [0, 0.1) is 0 Å². The van der Waals surface area contributed by atoms with Crippen molar-refractivity contribution < 1.29 is 9.53 Å². The molecule has 1 saturated heterocycles. The number of amides is 1. The van der Waals surface area contributed by atoms with Gasteiger partial charge >= 0.3 is 0 Å². The fourth-order valence-electron chi connectivity index (χ4n) is 2.79. The van der Waals surface area contributed by atoms with Crippen molar-refractivity contribution in [2.24, 2.45) is 0 Å². The largest absolute Gasteiger partial charge is 0.384 e. The second-order valence-corrected chi connectivity index (χ2v) is 6.21. The second kappa shape index (κ2) is 7.97. The van der Waals surface area contributed by atoms with Gasteiger partial charge in [-0.15, -0.1) is 0 Å². The van der Waals surface area contributed by atoms with Crippen molar-refractivity contribution in [2.45, 2.75) is 0 Å². The summed E-state index contributed by atoms with van der Waals surface area (Å²) < 4.78 is 5.40. The lowest BCUT2D eigenvalue weighted by Crippen LogP contribution is -2.37. The molecule has 0 unspecified atom stereocenters. The van der Waals surface area contributed by atoms with Crippen molar-refractivity contribution >= 4 is 23.5 Å². The molecule has 0 bridgehead atoms. The van der Waals surface area contributed by atoms with E-state index in [-0.39, 0.29) is 5.91 Å². The number of hydrogen-bond donors (Lipinski definition) is 2. The van der Waals surface area contributed by atoms with E-state index < -0.39 is 0 Å². The standard InChI is InChI=1S/C19H19N7O2/c20-16-4-3-13(12-22-16)15-10-17(24-18(27)14-2-1-5-21-11-14)25-19(23-15)26-6-8-28-9-7-26/h1-5,10-12H,6-9H2,(H2,20,22)(H,23,24,25,27). The van der Waals surface area contributed by atoms with Crippen molar-refractivity contribution in [2.75, 3.05) is 42.3 Å². The van der Waals surface area contributed by atoms with Crippen LogP contribution in [0.5, 0.6) is 0 Å². The average molecular weight is 377 g/mol. The van der Waals surface area contributed by atoms with Crippen LogP contribution < -0.4 is 16.0 Å². The van der Waals surface area contributed by atoms with Crippen LogP contribution in [-0.4, -0.2) is 52.1 Å². The lowest BCUT2D eigenvalue weighted by molar-refractivity contribution is 0.102. The normalized spacial score (nSPS) is 13.9. The Labute approximate surface area is 161 Å². The summed E-state index contributed by atoms with van der Waals surface area (Å²) in [7, 11) is 0.